The first kappa shape index (κ1) is 21.0. The molecule has 29 heavy (non-hydrogen) atoms. The van der Waals surface area contributed by atoms with Crippen LogP contribution in [-0.4, -0.2) is 43.6 Å². The van der Waals surface area contributed by atoms with Gasteiger partial charge in [-0.2, -0.15) is 4.31 Å². The molecule has 154 valence electrons. The third kappa shape index (κ3) is 5.02. The van der Waals surface area contributed by atoms with Gasteiger partial charge in [-0.05, 0) is 63.1 Å². The van der Waals surface area contributed by atoms with E-state index >= 15 is 0 Å². The summed E-state index contributed by atoms with van der Waals surface area (Å²) in [5.41, 5.74) is 0.980. The summed E-state index contributed by atoms with van der Waals surface area (Å²) in [4.78, 5) is 24.1. The summed E-state index contributed by atoms with van der Waals surface area (Å²) in [5.74, 6) is -0.0442. The molecule has 7 nitrogen and oxygen atoms in total. The van der Waals surface area contributed by atoms with Crippen LogP contribution in [0, 0.1) is 0 Å². The second-order valence-electron chi connectivity index (χ2n) is 6.97. The number of rotatable bonds is 7. The number of Topliss-reactive ketones (excluding diaryl/α,β-unsaturated/α-hetero) is 1. The van der Waals surface area contributed by atoms with Gasteiger partial charge >= 0.3 is 0 Å². The summed E-state index contributed by atoms with van der Waals surface area (Å²) < 4.78 is 32.2. The number of benzene rings is 2. The minimum absolute atomic E-state index is 0.0865. The zero-order valence-corrected chi connectivity index (χ0v) is 17.2. The Bertz CT molecular complexity index is 996. The van der Waals surface area contributed by atoms with E-state index in [1.165, 1.54) is 23.4 Å². The molecule has 8 heteroatoms. The lowest BCUT2D eigenvalue weighted by Gasteiger charge is -2.17. The second kappa shape index (κ2) is 8.75. The SMILES string of the molecule is CC(=O)c1cccc(O[C@@H](C)C(=O)Nc2ccc(S(=O)(=O)N3CCCC3)cc2)c1. The summed E-state index contributed by atoms with van der Waals surface area (Å²) >= 11 is 0. The predicted molar refractivity (Wildman–Crippen MR) is 110 cm³/mol. The Morgan fingerprint density at radius 1 is 1.07 bits per heavy atom. The lowest BCUT2D eigenvalue weighted by Crippen LogP contribution is -2.30. The average molecular weight is 416 g/mol. The maximum atomic E-state index is 12.5. The van der Waals surface area contributed by atoms with E-state index in [-0.39, 0.29) is 16.6 Å². The molecule has 1 N–H and O–H groups in total. The van der Waals surface area contributed by atoms with Crippen molar-refractivity contribution in [2.24, 2.45) is 0 Å². The number of carbonyl (C=O) groups excluding carboxylic acids is 2. The largest absolute Gasteiger partial charge is 0.481 e. The van der Waals surface area contributed by atoms with Crippen LogP contribution in [0.3, 0.4) is 0 Å². The van der Waals surface area contributed by atoms with E-state index in [1.54, 1.807) is 43.3 Å². The second-order valence-corrected chi connectivity index (χ2v) is 8.91. The average Bonchev–Trinajstić information content (AvgIpc) is 3.24. The number of nitrogens with one attached hydrogen (secondary N) is 1. The molecule has 1 saturated heterocycles. The molecule has 0 saturated carbocycles. The summed E-state index contributed by atoms with van der Waals surface area (Å²) in [5, 5.41) is 2.71. The van der Waals surface area contributed by atoms with Gasteiger partial charge in [-0.3, -0.25) is 9.59 Å². The zero-order chi connectivity index (χ0) is 21.0. The predicted octanol–water partition coefficient (Wildman–Crippen LogP) is 3.08. The molecule has 0 radical (unpaired) electrons. The Labute approximate surface area is 170 Å². The highest BCUT2D eigenvalue weighted by Gasteiger charge is 2.27. The number of anilines is 1. The topological polar surface area (TPSA) is 92.8 Å². The number of amides is 1. The molecule has 1 heterocycles. The lowest BCUT2D eigenvalue weighted by molar-refractivity contribution is -0.122. The highest BCUT2D eigenvalue weighted by Crippen LogP contribution is 2.22. The quantitative estimate of drug-likeness (QED) is 0.700. The maximum Gasteiger partial charge on any atom is 0.265 e. The molecule has 1 aliphatic rings. The maximum absolute atomic E-state index is 12.5. The molecule has 1 aliphatic heterocycles. The van der Waals surface area contributed by atoms with Gasteiger partial charge in [0.05, 0.1) is 4.90 Å². The van der Waals surface area contributed by atoms with Crippen molar-refractivity contribution >= 4 is 27.4 Å². The van der Waals surface area contributed by atoms with Crippen LogP contribution in [0.5, 0.6) is 5.75 Å². The molecule has 2 aromatic rings. The molecule has 1 amide bonds. The molecule has 3 rings (SSSR count). The van der Waals surface area contributed by atoms with Crippen LogP contribution in [-0.2, 0) is 14.8 Å². The van der Waals surface area contributed by atoms with Crippen LogP contribution in [0.2, 0.25) is 0 Å². The molecule has 0 unspecified atom stereocenters. The van der Waals surface area contributed by atoms with Crippen LogP contribution < -0.4 is 10.1 Å². The minimum atomic E-state index is -3.48. The monoisotopic (exact) mass is 416 g/mol. The number of ether oxygens (including phenoxy) is 1. The van der Waals surface area contributed by atoms with Gasteiger partial charge in [0.1, 0.15) is 5.75 Å². The van der Waals surface area contributed by atoms with Crippen molar-refractivity contribution < 1.29 is 22.7 Å². The fourth-order valence-electron chi connectivity index (χ4n) is 3.08. The van der Waals surface area contributed by atoms with E-state index in [0.29, 0.717) is 30.1 Å². The van der Waals surface area contributed by atoms with E-state index in [4.69, 9.17) is 4.74 Å². The fraction of sp³-hybridized carbons (Fsp3) is 0.333. The van der Waals surface area contributed by atoms with Gasteiger partial charge in [0.2, 0.25) is 10.0 Å². The first-order chi connectivity index (χ1) is 13.8. The number of hydrogen-bond acceptors (Lipinski definition) is 5. The first-order valence-corrected chi connectivity index (χ1v) is 10.9. The van der Waals surface area contributed by atoms with Crippen LogP contribution in [0.25, 0.3) is 0 Å². The highest BCUT2D eigenvalue weighted by atomic mass is 32.2. The van der Waals surface area contributed by atoms with E-state index in [2.05, 4.69) is 5.32 Å². The summed E-state index contributed by atoms with van der Waals surface area (Å²) in [6, 6.07) is 12.7. The van der Waals surface area contributed by atoms with Gasteiger partial charge in [-0.15, -0.1) is 0 Å². The Morgan fingerprint density at radius 3 is 2.34 bits per heavy atom. The van der Waals surface area contributed by atoms with Crippen LogP contribution in [0.15, 0.2) is 53.4 Å². The van der Waals surface area contributed by atoms with Gasteiger partial charge < -0.3 is 10.1 Å². The van der Waals surface area contributed by atoms with Crippen LogP contribution in [0.4, 0.5) is 5.69 Å². The van der Waals surface area contributed by atoms with Crippen molar-refractivity contribution in [3.63, 3.8) is 0 Å². The molecule has 1 fully saturated rings. The zero-order valence-electron chi connectivity index (χ0n) is 16.4. The Hall–Kier alpha value is -2.71. The molecular weight excluding hydrogens is 392 g/mol. The summed E-state index contributed by atoms with van der Waals surface area (Å²) in [6.45, 7) is 4.14. The molecule has 2 aromatic carbocycles. The van der Waals surface area contributed by atoms with Crippen molar-refractivity contribution in [2.45, 2.75) is 37.7 Å². The molecule has 1 atom stereocenters. The van der Waals surface area contributed by atoms with Gasteiger partial charge in [0, 0.05) is 24.3 Å². The van der Waals surface area contributed by atoms with Crippen LogP contribution in [0.1, 0.15) is 37.0 Å². The Kier molecular flexibility index (Phi) is 6.34. The van der Waals surface area contributed by atoms with E-state index < -0.39 is 16.1 Å². The van der Waals surface area contributed by atoms with Gasteiger partial charge in [0.25, 0.3) is 5.91 Å². The minimum Gasteiger partial charge on any atom is -0.481 e. The normalized spacial score (nSPS) is 15.7. The van der Waals surface area contributed by atoms with Crippen molar-refractivity contribution in [3.05, 3.63) is 54.1 Å². The lowest BCUT2D eigenvalue weighted by atomic mass is 10.1. The van der Waals surface area contributed by atoms with Crippen molar-refractivity contribution in [2.75, 3.05) is 18.4 Å². The Morgan fingerprint density at radius 2 is 1.72 bits per heavy atom. The smallest absolute Gasteiger partial charge is 0.265 e. The number of nitrogens with zero attached hydrogens (tertiary/aromatic N) is 1. The third-order valence-corrected chi connectivity index (χ3v) is 6.66. The standard InChI is InChI=1S/C21H24N2O5S/c1-15(24)17-6-5-7-19(14-17)28-16(2)21(25)22-18-8-10-20(11-9-18)29(26,27)23-12-3-4-13-23/h5-11,14,16H,3-4,12-13H2,1-2H3,(H,22,25)/t16-/m0/s1. The first-order valence-electron chi connectivity index (χ1n) is 9.46. The highest BCUT2D eigenvalue weighted by molar-refractivity contribution is 7.89. The fourth-order valence-corrected chi connectivity index (χ4v) is 4.59. The molecule has 0 bridgehead atoms. The van der Waals surface area contributed by atoms with Crippen molar-refractivity contribution in [3.8, 4) is 5.75 Å². The number of hydrogen-bond donors (Lipinski definition) is 1. The summed E-state index contributed by atoms with van der Waals surface area (Å²) in [7, 11) is -3.48. The third-order valence-electron chi connectivity index (χ3n) is 4.75. The van der Waals surface area contributed by atoms with E-state index in [1.807, 2.05) is 0 Å². The van der Waals surface area contributed by atoms with Crippen LogP contribution >= 0.6 is 0 Å². The van der Waals surface area contributed by atoms with E-state index in [0.717, 1.165) is 12.8 Å². The Balaban J connectivity index is 1.63. The van der Waals surface area contributed by atoms with Crippen molar-refractivity contribution in [1.82, 2.24) is 4.31 Å². The van der Waals surface area contributed by atoms with Gasteiger partial charge in [-0.25, -0.2) is 8.42 Å². The summed E-state index contributed by atoms with van der Waals surface area (Å²) in [6.07, 6.45) is 0.950. The van der Waals surface area contributed by atoms with E-state index in [9.17, 15) is 18.0 Å². The molecule has 0 spiro atoms. The molecule has 0 aromatic heterocycles. The van der Waals surface area contributed by atoms with Crippen molar-refractivity contribution in [1.29, 1.82) is 0 Å². The molecular formula is C21H24N2O5S. The van der Waals surface area contributed by atoms with Gasteiger partial charge in [0.15, 0.2) is 11.9 Å². The molecule has 0 aliphatic carbocycles. The number of ketones is 1. The number of carbonyl (C=O) groups is 2. The van der Waals surface area contributed by atoms with Gasteiger partial charge in [-0.1, -0.05) is 12.1 Å². The number of sulfonamides is 1.